The van der Waals surface area contributed by atoms with Crippen LogP contribution in [-0.4, -0.2) is 33.6 Å². The quantitative estimate of drug-likeness (QED) is 0.196. The predicted molar refractivity (Wildman–Crippen MR) is 152 cm³/mol. The van der Waals surface area contributed by atoms with Crippen molar-refractivity contribution in [1.29, 1.82) is 0 Å². The Hall–Kier alpha value is -2.52. The Morgan fingerprint density at radius 2 is 1.80 bits per heavy atom. The summed E-state index contributed by atoms with van der Waals surface area (Å²) in [4.78, 5) is 14.5. The highest BCUT2D eigenvalue weighted by Crippen LogP contribution is 2.37. The van der Waals surface area contributed by atoms with Crippen LogP contribution in [0.15, 0.2) is 35.1 Å². The topological polar surface area (TPSA) is 79.8 Å². The van der Waals surface area contributed by atoms with Crippen LogP contribution in [0.25, 0.3) is 17.0 Å². The second kappa shape index (κ2) is 16.1. The van der Waals surface area contributed by atoms with E-state index < -0.39 is 34.2 Å². The Labute approximate surface area is 239 Å². The molecule has 1 saturated carbocycles. The van der Waals surface area contributed by atoms with Gasteiger partial charge in [-0.05, 0) is 56.5 Å². The lowest BCUT2D eigenvalue weighted by Crippen LogP contribution is -2.25. The molecule has 0 amide bonds. The van der Waals surface area contributed by atoms with E-state index in [9.17, 15) is 18.0 Å². The van der Waals surface area contributed by atoms with Crippen LogP contribution < -0.4 is 5.32 Å². The fourth-order valence-electron chi connectivity index (χ4n) is 5.12. The molecule has 0 bridgehead atoms. The number of fused-ring (bicyclic) bond motifs is 1. The van der Waals surface area contributed by atoms with Gasteiger partial charge in [-0.1, -0.05) is 82.7 Å². The molecule has 3 aromatic heterocycles. The fraction of sp³-hybridized carbons (Fsp3) is 0.600. The summed E-state index contributed by atoms with van der Waals surface area (Å²) < 4.78 is 45.6. The van der Waals surface area contributed by atoms with Crippen LogP contribution in [0.2, 0.25) is 5.15 Å². The molecule has 1 fully saturated rings. The Morgan fingerprint density at radius 3 is 2.40 bits per heavy atom. The lowest BCUT2D eigenvalue weighted by atomic mass is 9.89. The Balaban J connectivity index is 0.000000226. The van der Waals surface area contributed by atoms with Crippen molar-refractivity contribution in [3.8, 4) is 11.3 Å². The van der Waals surface area contributed by atoms with E-state index in [4.69, 9.17) is 21.1 Å². The minimum Gasteiger partial charge on any atom is -0.476 e. The molecule has 0 radical (unpaired) electrons. The van der Waals surface area contributed by atoms with Crippen LogP contribution in [0, 0.1) is 5.92 Å². The Bertz CT molecular complexity index is 1170. The zero-order valence-corrected chi connectivity index (χ0v) is 24.0. The number of aromatic nitrogens is 2. The van der Waals surface area contributed by atoms with Crippen molar-refractivity contribution in [2.45, 2.75) is 96.6 Å². The van der Waals surface area contributed by atoms with Crippen molar-refractivity contribution >= 4 is 23.2 Å². The SMILES string of the molecule is CCCCCCCCCCNCC1CCCCC1.O=C(O)c1nc2c(C(F)(F)F)cc(-c3ccco3)cn2c1Cl. The molecule has 0 unspecified atom stereocenters. The van der Waals surface area contributed by atoms with Crippen LogP contribution in [0.3, 0.4) is 0 Å². The van der Waals surface area contributed by atoms with Gasteiger partial charge in [-0.3, -0.25) is 4.40 Å². The van der Waals surface area contributed by atoms with E-state index in [0.29, 0.717) is 0 Å². The van der Waals surface area contributed by atoms with Gasteiger partial charge in [0.25, 0.3) is 0 Å². The first kappa shape index (κ1) is 32.0. The van der Waals surface area contributed by atoms with Gasteiger partial charge < -0.3 is 14.8 Å². The van der Waals surface area contributed by atoms with E-state index in [1.54, 1.807) is 0 Å². The number of carboxylic acid groups (broad SMARTS) is 1. The van der Waals surface area contributed by atoms with Crippen LogP contribution in [0.4, 0.5) is 13.2 Å². The third kappa shape index (κ3) is 9.54. The highest BCUT2D eigenvalue weighted by atomic mass is 35.5. The highest BCUT2D eigenvalue weighted by Gasteiger charge is 2.36. The number of nitrogens with zero attached hydrogens (tertiary/aromatic N) is 2. The number of hydrogen-bond acceptors (Lipinski definition) is 4. The van der Waals surface area contributed by atoms with Gasteiger partial charge in [-0.15, -0.1) is 0 Å². The standard InChI is InChI=1S/C17H35N.C13H6ClF3N2O3/c1-2-3-4-5-6-7-8-12-15-18-16-17-13-10-9-11-14-17;14-10-9(12(20)21)18-11-7(13(15,16)17)4-6(5-19(10)11)8-2-1-3-22-8/h17-18H,2-16H2,1H3;1-5H,(H,20,21). The minimum atomic E-state index is -4.73. The average molecular weight is 584 g/mol. The number of hydrogen-bond donors (Lipinski definition) is 2. The molecule has 10 heteroatoms. The Morgan fingerprint density at radius 1 is 1.12 bits per heavy atom. The van der Waals surface area contributed by atoms with Crippen molar-refractivity contribution in [1.82, 2.24) is 14.7 Å². The van der Waals surface area contributed by atoms with Gasteiger partial charge in [0, 0.05) is 11.8 Å². The summed E-state index contributed by atoms with van der Waals surface area (Å²) in [7, 11) is 0. The fourth-order valence-corrected chi connectivity index (χ4v) is 5.37. The molecule has 1 aliphatic rings. The predicted octanol–water partition coefficient (Wildman–Crippen LogP) is 9.26. The summed E-state index contributed by atoms with van der Waals surface area (Å²) in [6.45, 7) is 4.83. The maximum Gasteiger partial charge on any atom is 0.420 e. The first-order chi connectivity index (χ1) is 19.2. The number of rotatable bonds is 13. The number of aromatic carboxylic acids is 1. The molecule has 0 saturated heterocycles. The number of halogens is 4. The molecule has 1 aliphatic carbocycles. The minimum absolute atomic E-state index is 0.0982. The molecule has 0 spiro atoms. The third-order valence-electron chi connectivity index (χ3n) is 7.34. The molecule has 222 valence electrons. The molecular formula is C30H41ClF3N3O3. The Kier molecular flexibility index (Phi) is 12.8. The summed E-state index contributed by atoms with van der Waals surface area (Å²) in [5.74, 6) is -0.330. The molecule has 3 aromatic rings. The van der Waals surface area contributed by atoms with Crippen LogP contribution in [-0.2, 0) is 6.18 Å². The molecule has 3 heterocycles. The molecule has 6 nitrogen and oxygen atoms in total. The van der Waals surface area contributed by atoms with Gasteiger partial charge in [0.1, 0.15) is 10.9 Å². The van der Waals surface area contributed by atoms with E-state index in [1.165, 1.54) is 121 Å². The number of unbranched alkanes of at least 4 members (excludes halogenated alkanes) is 7. The largest absolute Gasteiger partial charge is 0.476 e. The van der Waals surface area contributed by atoms with Crippen molar-refractivity contribution in [3.63, 3.8) is 0 Å². The van der Waals surface area contributed by atoms with E-state index in [-0.39, 0.29) is 11.3 Å². The summed E-state index contributed by atoms with van der Waals surface area (Å²) in [6, 6.07) is 3.83. The van der Waals surface area contributed by atoms with Gasteiger partial charge >= 0.3 is 12.1 Å². The van der Waals surface area contributed by atoms with Gasteiger partial charge in [-0.2, -0.15) is 13.2 Å². The third-order valence-corrected chi connectivity index (χ3v) is 7.70. The smallest absolute Gasteiger partial charge is 0.420 e. The van der Waals surface area contributed by atoms with Gasteiger partial charge in [-0.25, -0.2) is 9.78 Å². The van der Waals surface area contributed by atoms with Crippen molar-refractivity contribution in [3.05, 3.63) is 47.1 Å². The number of alkyl halides is 3. The number of carboxylic acids is 1. The maximum absolute atomic E-state index is 13.2. The zero-order chi connectivity index (χ0) is 29.0. The number of pyridine rings is 1. The van der Waals surface area contributed by atoms with Crippen LogP contribution in [0.1, 0.15) is 106 Å². The second-order valence-corrected chi connectivity index (χ2v) is 10.9. The van der Waals surface area contributed by atoms with E-state index in [0.717, 1.165) is 16.4 Å². The van der Waals surface area contributed by atoms with E-state index >= 15 is 0 Å². The molecule has 2 N–H and O–H groups in total. The summed E-state index contributed by atoms with van der Waals surface area (Å²) in [5.41, 5.74) is -2.23. The molecule has 0 aromatic carbocycles. The molecule has 0 aliphatic heterocycles. The van der Waals surface area contributed by atoms with Crippen molar-refractivity contribution in [2.24, 2.45) is 5.92 Å². The van der Waals surface area contributed by atoms with Crippen LogP contribution in [0.5, 0.6) is 0 Å². The number of imidazole rings is 1. The van der Waals surface area contributed by atoms with E-state index in [1.807, 2.05) is 0 Å². The normalized spacial score (nSPS) is 14.3. The first-order valence-corrected chi connectivity index (χ1v) is 14.9. The first-order valence-electron chi connectivity index (χ1n) is 14.5. The van der Waals surface area contributed by atoms with Crippen molar-refractivity contribution < 1.29 is 27.5 Å². The summed E-state index contributed by atoms with van der Waals surface area (Å²) >= 11 is 5.83. The molecule has 0 atom stereocenters. The molecular weight excluding hydrogens is 543 g/mol. The van der Waals surface area contributed by atoms with Gasteiger partial charge in [0.05, 0.1) is 11.8 Å². The monoisotopic (exact) mass is 583 g/mol. The summed E-state index contributed by atoms with van der Waals surface area (Å²) in [6.07, 6.45) is 16.7. The number of nitrogens with one attached hydrogen (secondary N) is 1. The lowest BCUT2D eigenvalue weighted by Gasteiger charge is -2.21. The van der Waals surface area contributed by atoms with E-state index in [2.05, 4.69) is 17.2 Å². The van der Waals surface area contributed by atoms with Crippen LogP contribution >= 0.6 is 11.6 Å². The lowest BCUT2D eigenvalue weighted by molar-refractivity contribution is -0.136. The maximum atomic E-state index is 13.2. The van der Waals surface area contributed by atoms with Crippen molar-refractivity contribution in [2.75, 3.05) is 13.1 Å². The van der Waals surface area contributed by atoms with Gasteiger partial charge in [0.2, 0.25) is 0 Å². The number of carbonyl (C=O) groups is 1. The zero-order valence-electron chi connectivity index (χ0n) is 23.2. The van der Waals surface area contributed by atoms with Gasteiger partial charge in [0.15, 0.2) is 11.3 Å². The molecule has 40 heavy (non-hydrogen) atoms. The average Bonchev–Trinajstić information content (AvgIpc) is 3.58. The highest BCUT2D eigenvalue weighted by molar-refractivity contribution is 6.32. The number of furan rings is 1. The summed E-state index contributed by atoms with van der Waals surface area (Å²) in [5, 5.41) is 12.2. The molecule has 4 rings (SSSR count). The second-order valence-electron chi connectivity index (χ2n) is 10.6.